The molecule has 28 heavy (non-hydrogen) atoms. The van der Waals surface area contributed by atoms with Crippen molar-refractivity contribution in [1.82, 2.24) is 25.1 Å². The second-order valence-electron chi connectivity index (χ2n) is 6.26. The van der Waals surface area contributed by atoms with Gasteiger partial charge in [-0.05, 0) is 11.6 Å². The summed E-state index contributed by atoms with van der Waals surface area (Å²) in [4.78, 5) is 23.8. The third kappa shape index (κ3) is 2.32. The van der Waals surface area contributed by atoms with Crippen LogP contribution in [0.2, 0.25) is 0 Å². The Bertz CT molecular complexity index is 1390. The average Bonchev–Trinajstić information content (AvgIpc) is 3.37. The van der Waals surface area contributed by atoms with Gasteiger partial charge in [0, 0.05) is 22.3 Å². The van der Waals surface area contributed by atoms with Crippen molar-refractivity contribution >= 4 is 33.5 Å². The van der Waals surface area contributed by atoms with Crippen LogP contribution in [0.15, 0.2) is 47.0 Å². The maximum absolute atomic E-state index is 12.6. The molecular formula is C19H11N7OS. The minimum Gasteiger partial charge on any atom is -0.313 e. The van der Waals surface area contributed by atoms with Gasteiger partial charge in [0.1, 0.15) is 11.1 Å². The zero-order valence-electron chi connectivity index (χ0n) is 14.2. The lowest BCUT2D eigenvalue weighted by molar-refractivity contribution is 1.03. The second kappa shape index (κ2) is 6.07. The molecule has 3 N–H and O–H groups in total. The van der Waals surface area contributed by atoms with E-state index in [1.165, 1.54) is 17.7 Å². The van der Waals surface area contributed by atoms with Gasteiger partial charge in [0.15, 0.2) is 5.69 Å². The summed E-state index contributed by atoms with van der Waals surface area (Å²) in [6.45, 7) is 0. The topological polar surface area (TPSA) is 135 Å². The van der Waals surface area contributed by atoms with E-state index in [0.29, 0.717) is 22.0 Å². The minimum atomic E-state index is -0.469. The Balaban J connectivity index is 1.79. The number of nitrogens with one attached hydrogen (secondary N) is 3. The summed E-state index contributed by atoms with van der Waals surface area (Å²) in [5.41, 5.74) is 3.09. The van der Waals surface area contributed by atoms with Crippen LogP contribution >= 0.6 is 11.3 Å². The van der Waals surface area contributed by atoms with Gasteiger partial charge in [-0.1, -0.05) is 18.2 Å². The fraction of sp³-hybridized carbons (Fsp3) is 0.0526. The second-order valence-corrected chi connectivity index (χ2v) is 7.11. The van der Waals surface area contributed by atoms with Crippen LogP contribution in [-0.2, 0) is 0 Å². The monoisotopic (exact) mass is 385 g/mol. The van der Waals surface area contributed by atoms with Crippen LogP contribution in [0.3, 0.4) is 0 Å². The van der Waals surface area contributed by atoms with E-state index in [1.54, 1.807) is 11.6 Å². The van der Waals surface area contributed by atoms with Gasteiger partial charge in [-0.3, -0.25) is 9.89 Å². The van der Waals surface area contributed by atoms with E-state index in [4.69, 9.17) is 10.7 Å². The van der Waals surface area contributed by atoms with Crippen LogP contribution in [0.4, 0.5) is 0 Å². The Hall–Kier alpha value is -3.90. The third-order valence-electron chi connectivity index (χ3n) is 4.72. The van der Waals surface area contributed by atoms with Gasteiger partial charge in [0.2, 0.25) is 0 Å². The van der Waals surface area contributed by atoms with Crippen molar-refractivity contribution in [3.05, 3.63) is 80.1 Å². The first kappa shape index (κ1) is 16.3. The molecule has 0 radical (unpaired) electrons. The van der Waals surface area contributed by atoms with Crippen molar-refractivity contribution in [3.63, 3.8) is 0 Å². The molecule has 0 saturated carbocycles. The molecule has 4 aromatic rings. The van der Waals surface area contributed by atoms with Gasteiger partial charge in [0.25, 0.3) is 5.56 Å². The Morgan fingerprint density at radius 2 is 2.21 bits per heavy atom. The van der Waals surface area contributed by atoms with E-state index >= 15 is 0 Å². The maximum Gasteiger partial charge on any atom is 0.260 e. The molecule has 0 bridgehead atoms. The highest BCUT2D eigenvalue weighted by molar-refractivity contribution is 7.11. The number of nitriles is 1. The van der Waals surface area contributed by atoms with E-state index in [0.717, 1.165) is 16.5 Å². The summed E-state index contributed by atoms with van der Waals surface area (Å²) < 4.78 is 0. The van der Waals surface area contributed by atoms with Crippen molar-refractivity contribution < 1.29 is 0 Å². The lowest BCUT2D eigenvalue weighted by Gasteiger charge is -2.23. The molecule has 8 nitrogen and oxygen atoms in total. The summed E-state index contributed by atoms with van der Waals surface area (Å²) in [5, 5.41) is 28.0. The first-order valence-electron chi connectivity index (χ1n) is 8.34. The van der Waals surface area contributed by atoms with E-state index in [-0.39, 0.29) is 16.8 Å². The van der Waals surface area contributed by atoms with Gasteiger partial charge in [0.05, 0.1) is 35.0 Å². The van der Waals surface area contributed by atoms with Crippen LogP contribution in [0.5, 0.6) is 0 Å². The number of rotatable bonds is 2. The average molecular weight is 385 g/mol. The molecule has 3 heterocycles. The molecule has 0 fully saturated rings. The van der Waals surface area contributed by atoms with E-state index in [2.05, 4.69) is 25.1 Å². The Morgan fingerprint density at radius 3 is 3.04 bits per heavy atom. The first-order chi connectivity index (χ1) is 13.7. The molecule has 1 aliphatic rings. The molecule has 0 amide bonds. The molecule has 1 aliphatic carbocycles. The number of benzene rings is 1. The molecule has 5 rings (SSSR count). The SMILES string of the molecule is N#Cc1csc(C2=CC(c3cccc4[nH]ncc34)C(=N)c3c2nc[nH]c3=O)n1. The van der Waals surface area contributed by atoms with Crippen LogP contribution in [0.25, 0.3) is 16.5 Å². The van der Waals surface area contributed by atoms with Gasteiger partial charge in [-0.2, -0.15) is 10.4 Å². The van der Waals surface area contributed by atoms with Crippen molar-refractivity contribution in [3.8, 4) is 6.07 Å². The number of H-pyrrole nitrogens is 2. The molecule has 1 atom stereocenters. The highest BCUT2D eigenvalue weighted by Gasteiger charge is 2.32. The molecule has 0 aliphatic heterocycles. The normalized spacial score (nSPS) is 15.9. The molecular weight excluding hydrogens is 374 g/mol. The van der Waals surface area contributed by atoms with Gasteiger partial charge in [-0.25, -0.2) is 9.97 Å². The standard InChI is InChI=1S/C19H11N7OS/c20-5-9-7-28-19(25-9)12-4-11(10-2-1-3-14-13(10)6-24-26-14)16(21)15-17(12)22-8-23-18(15)27/h1-4,6-8,11,21H,(H,24,26)(H,22,23,27). The van der Waals surface area contributed by atoms with Crippen LogP contribution in [0.1, 0.15) is 33.4 Å². The molecule has 0 spiro atoms. The largest absolute Gasteiger partial charge is 0.313 e. The van der Waals surface area contributed by atoms with Crippen LogP contribution in [-0.4, -0.2) is 30.9 Å². The van der Waals surface area contributed by atoms with Crippen molar-refractivity contribution in [2.75, 3.05) is 0 Å². The van der Waals surface area contributed by atoms with E-state index in [1.807, 2.05) is 30.3 Å². The summed E-state index contributed by atoms with van der Waals surface area (Å²) in [6.07, 6.45) is 4.92. The molecule has 3 aromatic heterocycles. The number of thiazole rings is 1. The Kier molecular flexibility index (Phi) is 3.53. The highest BCUT2D eigenvalue weighted by atomic mass is 32.1. The zero-order valence-corrected chi connectivity index (χ0v) is 15.0. The van der Waals surface area contributed by atoms with Crippen molar-refractivity contribution in [2.45, 2.75) is 5.92 Å². The van der Waals surface area contributed by atoms with E-state index < -0.39 is 5.92 Å². The summed E-state index contributed by atoms with van der Waals surface area (Å²) in [7, 11) is 0. The number of hydrogen-bond acceptors (Lipinski definition) is 7. The molecule has 134 valence electrons. The lowest BCUT2D eigenvalue weighted by Crippen LogP contribution is -2.28. The van der Waals surface area contributed by atoms with Gasteiger partial charge >= 0.3 is 0 Å². The van der Waals surface area contributed by atoms with E-state index in [9.17, 15) is 4.79 Å². The minimum absolute atomic E-state index is 0.166. The maximum atomic E-state index is 12.6. The molecule has 0 saturated heterocycles. The molecule has 1 aromatic carbocycles. The summed E-state index contributed by atoms with van der Waals surface area (Å²) in [5.74, 6) is -0.469. The van der Waals surface area contributed by atoms with Gasteiger partial charge in [-0.15, -0.1) is 11.3 Å². The number of nitrogens with zero attached hydrogens (tertiary/aromatic N) is 4. The molecule has 9 heteroatoms. The summed E-state index contributed by atoms with van der Waals surface area (Å²) >= 11 is 1.31. The number of aromatic nitrogens is 5. The summed E-state index contributed by atoms with van der Waals surface area (Å²) in [6, 6.07) is 7.74. The van der Waals surface area contributed by atoms with Crippen LogP contribution in [0, 0.1) is 16.7 Å². The van der Waals surface area contributed by atoms with Crippen molar-refractivity contribution in [2.24, 2.45) is 0 Å². The smallest absolute Gasteiger partial charge is 0.260 e. The van der Waals surface area contributed by atoms with Crippen molar-refractivity contribution in [1.29, 1.82) is 10.7 Å². The first-order valence-corrected chi connectivity index (χ1v) is 9.22. The van der Waals surface area contributed by atoms with Gasteiger partial charge < -0.3 is 10.4 Å². The number of hydrogen-bond donors (Lipinski definition) is 3. The Morgan fingerprint density at radius 1 is 1.32 bits per heavy atom. The zero-order chi connectivity index (χ0) is 19.3. The molecule has 1 unspecified atom stereocenters. The predicted octanol–water partition coefficient (Wildman–Crippen LogP) is 2.57. The quantitative estimate of drug-likeness (QED) is 0.487. The number of allylic oxidation sites excluding steroid dienone is 1. The predicted molar refractivity (Wildman–Crippen MR) is 104 cm³/mol. The fourth-order valence-electron chi connectivity index (χ4n) is 3.47. The van der Waals surface area contributed by atoms with Crippen LogP contribution < -0.4 is 5.56 Å². The number of fused-ring (bicyclic) bond motifs is 2. The third-order valence-corrected chi connectivity index (χ3v) is 5.60. The Labute approximate surface area is 161 Å². The lowest BCUT2D eigenvalue weighted by atomic mass is 9.81. The fourth-order valence-corrected chi connectivity index (χ4v) is 4.24. The number of aromatic amines is 2. The highest BCUT2D eigenvalue weighted by Crippen LogP contribution is 2.38.